The number of nitrogens with zero attached hydrogens (tertiary/aromatic N) is 5. The van der Waals surface area contributed by atoms with Gasteiger partial charge in [0.15, 0.2) is 12.1 Å². The van der Waals surface area contributed by atoms with Gasteiger partial charge < -0.3 is 35.6 Å². The van der Waals surface area contributed by atoms with Crippen LogP contribution in [0.25, 0.3) is 27.1 Å². The number of aromatic nitrogens is 2. The predicted octanol–water partition coefficient (Wildman–Crippen LogP) is 21.0. The van der Waals surface area contributed by atoms with Crippen molar-refractivity contribution >= 4 is 131 Å². The minimum atomic E-state index is -1.20. The van der Waals surface area contributed by atoms with Crippen LogP contribution in [0, 0.1) is 20.4 Å². The number of ether oxygens (including phenoxy) is 2. The molecule has 6 aliphatic carbocycles. The van der Waals surface area contributed by atoms with Crippen molar-refractivity contribution in [2.45, 2.75) is 183 Å². The first kappa shape index (κ1) is 99.4. The Morgan fingerprint density at radius 3 is 1.59 bits per heavy atom. The molecule has 10 aromatic rings. The number of Topliss-reactive ketones (excluding diaryl/α,β-unsaturated/α-hetero) is 1. The average molecular weight is 2090 g/mol. The highest BCUT2D eigenvalue weighted by molar-refractivity contribution is 9.11. The van der Waals surface area contributed by atoms with Crippen LogP contribution in [0.1, 0.15) is 184 Å². The Morgan fingerprint density at radius 1 is 0.540 bits per heavy atom. The number of benzene rings is 8. The summed E-state index contributed by atoms with van der Waals surface area (Å²) < 4.78 is 47.9. The first-order chi connectivity index (χ1) is 59.8. The molecule has 2 heterocycles. The number of carbonyl (C=O) groups is 2. The number of hydrogen-bond acceptors (Lipinski definition) is 15. The van der Waals surface area contributed by atoms with Crippen LogP contribution in [0.15, 0.2) is 205 Å². The summed E-state index contributed by atoms with van der Waals surface area (Å²) in [6, 6.07) is 52.9. The minimum Gasteiger partial charge on any atom is -0.472 e. The van der Waals surface area contributed by atoms with Crippen molar-refractivity contribution in [1.82, 2.24) is 29.2 Å². The van der Waals surface area contributed by atoms with Gasteiger partial charge in [0.1, 0.15) is 18.2 Å². The highest BCUT2D eigenvalue weighted by atomic mass is 79.9. The molecular weight excluding hydrogens is 1970 g/mol. The second kappa shape index (κ2) is 42.4. The molecule has 16 rings (SSSR count). The van der Waals surface area contributed by atoms with E-state index in [-0.39, 0.29) is 93.9 Å². The Hall–Kier alpha value is -7.14. The highest BCUT2D eigenvalue weighted by Crippen LogP contribution is 2.47. The van der Waals surface area contributed by atoms with Gasteiger partial charge in [-0.3, -0.25) is 24.4 Å². The van der Waals surface area contributed by atoms with Crippen LogP contribution in [0.2, 0.25) is 5.02 Å². The topological polar surface area (TPSA) is 254 Å². The number of aryl methyl sites for hydroxylation is 6. The predicted molar refractivity (Wildman–Crippen MR) is 526 cm³/mol. The Kier molecular flexibility index (Phi) is 33.5. The van der Waals surface area contributed by atoms with Gasteiger partial charge in [-0.05, 0) is 333 Å². The molecule has 0 unspecified atom stereocenters. The SMILES string of the molecule is C=C[C@@]1(N[S@](=O)C(C)(C)C)CCc2cc(Br)ccc21.CC(C)(C)[S@@](=O)N[C@]1(CO)CCc2cc(Br)ccc21.CN(C)[C@]1(CO)CCc2cc(Br)ccc21.N[C@]1(CO)CCc2cc(Br)ccc21.O=C1CCc2cc(Br)ccc21.[C-]#[N+]c1cncc(COc2nc(OCc3cccc(-c4cccc(-c5ccc6c(c5)CC[C@@]6(CO)N(C)C)c4C)c3C)c(Cl)cc2C=O)c1. The van der Waals surface area contributed by atoms with Gasteiger partial charge in [-0.15, -0.1) is 6.58 Å². The van der Waals surface area contributed by atoms with Crippen LogP contribution in [-0.4, -0.2) is 125 Å². The molecule has 8 N–H and O–H groups in total. The number of nitrogens with one attached hydrogen (secondary N) is 2. The average Bonchev–Trinajstić information content (AvgIpc) is 1.65. The normalized spacial score (nSPS) is 20.1. The minimum absolute atomic E-state index is 0.0294. The molecule has 0 spiro atoms. The third kappa shape index (κ3) is 22.4. The summed E-state index contributed by atoms with van der Waals surface area (Å²) in [7, 11) is 5.83. The number of nitrogens with two attached hydrogens (primary N) is 1. The van der Waals surface area contributed by atoms with Gasteiger partial charge in [-0.1, -0.05) is 182 Å². The zero-order valence-electron chi connectivity index (χ0n) is 73.4. The van der Waals surface area contributed by atoms with Crippen molar-refractivity contribution in [2.24, 2.45) is 5.73 Å². The van der Waals surface area contributed by atoms with E-state index in [1.807, 2.05) is 136 Å². The Labute approximate surface area is 794 Å². The molecular formula is C100H112Br5ClN8O10S2. The van der Waals surface area contributed by atoms with E-state index in [0.717, 1.165) is 138 Å². The number of aliphatic hydroxyl groups is 4. The van der Waals surface area contributed by atoms with E-state index in [4.69, 9.17) is 33.4 Å². The van der Waals surface area contributed by atoms with Crippen LogP contribution < -0.4 is 24.7 Å². The summed E-state index contributed by atoms with van der Waals surface area (Å²) in [5, 5.41) is 39.2. The van der Waals surface area contributed by atoms with E-state index in [1.54, 1.807) is 12.3 Å². The van der Waals surface area contributed by atoms with Crippen LogP contribution in [0.4, 0.5) is 5.69 Å². The molecule has 126 heavy (non-hydrogen) atoms. The lowest BCUT2D eigenvalue weighted by Gasteiger charge is -2.35. The fourth-order valence-electron chi connectivity index (χ4n) is 17.2. The lowest BCUT2D eigenvalue weighted by Crippen LogP contribution is -2.49. The number of rotatable bonds is 20. The third-order valence-corrected chi connectivity index (χ3v) is 31.0. The number of likely N-dealkylation sites (N-methyl/N-ethyl adjacent to an activating group) is 2. The van der Waals surface area contributed by atoms with E-state index < -0.39 is 33.0 Å². The van der Waals surface area contributed by atoms with Gasteiger partial charge in [0.2, 0.25) is 17.4 Å². The molecule has 2 aromatic heterocycles. The number of pyridine rings is 2. The molecule has 0 fully saturated rings. The molecule has 7 atom stereocenters. The molecule has 0 bridgehead atoms. The summed E-state index contributed by atoms with van der Waals surface area (Å²) in [6.07, 6.45) is 16.4. The fourth-order valence-corrected chi connectivity index (χ4v) is 21.4. The van der Waals surface area contributed by atoms with Crippen molar-refractivity contribution in [3.05, 3.63) is 316 Å². The van der Waals surface area contributed by atoms with Crippen LogP contribution in [-0.2, 0) is 101 Å². The molecule has 8 aromatic carbocycles. The molecule has 0 saturated carbocycles. The summed E-state index contributed by atoms with van der Waals surface area (Å²) in [5.41, 5.74) is 27.5. The molecule has 0 radical (unpaired) electrons. The molecule has 0 amide bonds. The van der Waals surface area contributed by atoms with Crippen molar-refractivity contribution in [1.29, 1.82) is 0 Å². The number of ketones is 1. The highest BCUT2D eigenvalue weighted by Gasteiger charge is 2.45. The number of aldehydes is 1. The summed E-state index contributed by atoms with van der Waals surface area (Å²) in [5.74, 6) is 0.512. The lowest BCUT2D eigenvalue weighted by atomic mass is 9.87. The molecule has 0 saturated heterocycles. The number of fused-ring (bicyclic) bond motifs is 6. The maximum atomic E-state index is 12.4. The number of halogens is 6. The van der Waals surface area contributed by atoms with Crippen LogP contribution >= 0.6 is 91.3 Å². The monoisotopic (exact) mass is 2080 g/mol. The molecule has 6 aliphatic rings. The van der Waals surface area contributed by atoms with Crippen molar-refractivity contribution in [3.8, 4) is 34.0 Å². The van der Waals surface area contributed by atoms with E-state index in [1.165, 1.54) is 73.5 Å². The van der Waals surface area contributed by atoms with Crippen molar-refractivity contribution in [2.75, 3.05) is 54.6 Å². The largest absolute Gasteiger partial charge is 0.472 e. The first-order valence-corrected chi connectivity index (χ1v) is 48.6. The van der Waals surface area contributed by atoms with E-state index in [0.29, 0.717) is 24.0 Å². The van der Waals surface area contributed by atoms with E-state index in [2.05, 4.69) is 219 Å². The van der Waals surface area contributed by atoms with Crippen molar-refractivity contribution in [3.63, 3.8) is 0 Å². The number of hydrogen-bond donors (Lipinski definition) is 7. The standard InChI is InChI=1S/C40H37ClN4O4.C15H20BrNOS.C14H20BrNO2S.C12H16BrNO.C10H12BrNO.C9H7BrO/c1-25-30(23-49-39-37(41)18-31(21-46)38(44-39)48-22-27-16-32(42-3)20-43-19-27)8-6-10-34(25)35-11-7-9-33(26(35)2)28-12-13-36-29(17-28)14-15-40(36,24-47)45(4)5;1-5-15(17-19(18)14(2,3)4)9-8-11-10-12(16)6-7-13(11)15;1-13(2,3)19(18)16-14(9-17)7-6-10-8-11(15)4-5-12(10)14;1-14(2)12(8-15)6-5-9-7-10(13)3-4-11(9)12;11-8-1-2-9-7(5-8)3-4-10(9,12)6-13;10-7-2-3-8-6(5-7)1-4-9(8)11/h6-13,16-21,47H,14-15,22-24H2,1-2,4-5H3;5-7,10,17H,1,8-9H2,2-4H3;4-5,8,16-17H,6-7,9H2,1-3H3;3-4,7,15H,5-6,8H2,1-2H3;1-2,5,13H,3-4,6,12H2;2-3,5H,1,4H2/t40-;15-,19-;14-,19+;12-;10-;/m01000./s1. The van der Waals surface area contributed by atoms with Crippen molar-refractivity contribution < 1.29 is 47.9 Å². The number of aliphatic hydroxyl groups excluding tert-OH is 4. The quantitative estimate of drug-likeness (QED) is 0.0213. The Morgan fingerprint density at radius 2 is 1.02 bits per heavy atom. The van der Waals surface area contributed by atoms with Gasteiger partial charge in [0.05, 0.1) is 97.7 Å². The van der Waals surface area contributed by atoms with Crippen LogP contribution in [0.5, 0.6) is 11.8 Å². The Balaban J connectivity index is 0.000000164. The first-order valence-electron chi connectivity index (χ1n) is 41.9. The third-order valence-electron chi connectivity index (χ3n) is 24.9. The van der Waals surface area contributed by atoms with Gasteiger partial charge in [0.25, 0.3) is 0 Å². The fraction of sp³-hybridized carbons (Fsp3) is 0.370. The van der Waals surface area contributed by atoms with Gasteiger partial charge in [-0.25, -0.2) is 22.7 Å². The zero-order chi connectivity index (χ0) is 91.6. The van der Waals surface area contributed by atoms with E-state index in [9.17, 15) is 38.4 Å². The number of carbonyl (C=O) groups excluding carboxylic acids is 2. The molecule has 0 aliphatic heterocycles. The molecule has 18 nitrogen and oxygen atoms in total. The van der Waals surface area contributed by atoms with Gasteiger partial charge in [0, 0.05) is 46.7 Å². The lowest BCUT2D eigenvalue weighted by molar-refractivity contribution is 0.0674. The van der Waals surface area contributed by atoms with E-state index >= 15 is 0 Å². The van der Waals surface area contributed by atoms with Gasteiger partial charge in [-0.2, -0.15) is 4.98 Å². The molecule has 26 heteroatoms. The maximum absolute atomic E-state index is 12.4. The zero-order valence-corrected chi connectivity index (χ0v) is 83.7. The second-order valence-corrected chi connectivity index (χ2v) is 44.2. The smallest absolute Gasteiger partial charge is 0.236 e. The maximum Gasteiger partial charge on any atom is 0.236 e. The summed E-state index contributed by atoms with van der Waals surface area (Å²) in [4.78, 5) is 39.1. The Bertz CT molecular complexity index is 5780. The molecule has 666 valence electrons. The summed E-state index contributed by atoms with van der Waals surface area (Å²) >= 11 is 23.7. The summed E-state index contributed by atoms with van der Waals surface area (Å²) in [6.45, 7) is 27.7. The van der Waals surface area contributed by atoms with Gasteiger partial charge >= 0.3 is 0 Å². The van der Waals surface area contributed by atoms with Crippen LogP contribution in [0.3, 0.4) is 0 Å². The second-order valence-electron chi connectivity index (χ2n) is 35.3.